The average Bonchev–Trinajstić information content (AvgIpc) is 3.26. The van der Waals surface area contributed by atoms with Crippen LogP contribution < -0.4 is 5.32 Å². The van der Waals surface area contributed by atoms with E-state index in [4.69, 9.17) is 0 Å². The van der Waals surface area contributed by atoms with Crippen LogP contribution in [0.1, 0.15) is 17.7 Å². The highest BCUT2D eigenvalue weighted by Gasteiger charge is 2.32. The van der Waals surface area contributed by atoms with Crippen molar-refractivity contribution in [3.63, 3.8) is 0 Å². The summed E-state index contributed by atoms with van der Waals surface area (Å²) in [6.45, 7) is 1.22. The van der Waals surface area contributed by atoms with Gasteiger partial charge in [0.05, 0.1) is 19.1 Å². The molecule has 1 fully saturated rings. The lowest BCUT2D eigenvalue weighted by molar-refractivity contribution is -0.126. The Balaban J connectivity index is 1.53. The third-order valence-electron chi connectivity index (χ3n) is 3.93. The summed E-state index contributed by atoms with van der Waals surface area (Å²) in [6, 6.07) is 3.93. The summed E-state index contributed by atoms with van der Waals surface area (Å²) in [5.41, 5.74) is 0. The summed E-state index contributed by atoms with van der Waals surface area (Å²) in [6.07, 6.45) is 3.71. The van der Waals surface area contributed by atoms with Gasteiger partial charge in [-0.3, -0.25) is 4.79 Å². The van der Waals surface area contributed by atoms with Gasteiger partial charge in [-0.25, -0.2) is 13.4 Å². The molecule has 1 amide bonds. The molecular formula is C14H18N4O3S2. The number of carbonyl (C=O) groups is 1. The van der Waals surface area contributed by atoms with Crippen molar-refractivity contribution in [2.75, 3.05) is 13.1 Å². The lowest BCUT2D eigenvalue weighted by Crippen LogP contribution is -2.42. The van der Waals surface area contributed by atoms with Gasteiger partial charge in [0.2, 0.25) is 5.91 Å². The summed E-state index contributed by atoms with van der Waals surface area (Å²) in [5.74, 6) is -0.139. The van der Waals surface area contributed by atoms with Crippen molar-refractivity contribution < 1.29 is 13.2 Å². The predicted octanol–water partition coefficient (Wildman–Crippen LogP) is 1.19. The number of amides is 1. The first-order valence-corrected chi connectivity index (χ1v) is 9.68. The minimum absolute atomic E-state index is 0.00279. The molecule has 2 aromatic heterocycles. The van der Waals surface area contributed by atoms with E-state index in [1.807, 2.05) is 17.5 Å². The number of aromatic nitrogens is 2. The van der Waals surface area contributed by atoms with Crippen LogP contribution in [0.25, 0.3) is 0 Å². The molecule has 2 N–H and O–H groups in total. The molecule has 3 rings (SSSR count). The summed E-state index contributed by atoms with van der Waals surface area (Å²) in [5, 5.41) is 4.99. The van der Waals surface area contributed by atoms with E-state index in [9.17, 15) is 13.2 Å². The maximum atomic E-state index is 12.4. The van der Waals surface area contributed by atoms with Crippen molar-refractivity contribution in [1.29, 1.82) is 0 Å². The van der Waals surface area contributed by atoms with Crippen LogP contribution in [0.2, 0.25) is 0 Å². The third-order valence-corrected chi connectivity index (χ3v) is 6.63. The second-order valence-electron chi connectivity index (χ2n) is 5.39. The minimum Gasteiger partial charge on any atom is -0.351 e. The number of hydrogen-bond acceptors (Lipinski definition) is 5. The Morgan fingerprint density at radius 1 is 1.43 bits per heavy atom. The Morgan fingerprint density at radius 2 is 2.22 bits per heavy atom. The molecule has 9 heteroatoms. The van der Waals surface area contributed by atoms with Crippen molar-refractivity contribution in [2.45, 2.75) is 24.4 Å². The van der Waals surface area contributed by atoms with E-state index in [1.54, 1.807) is 11.3 Å². The zero-order valence-electron chi connectivity index (χ0n) is 12.4. The van der Waals surface area contributed by atoms with Crippen LogP contribution in [-0.4, -0.2) is 41.7 Å². The predicted molar refractivity (Wildman–Crippen MR) is 86.2 cm³/mol. The standard InChI is InChI=1S/C14H18N4O3S2/c19-14(16-8-12-2-1-7-22-12)11-3-5-18(6-4-11)23(20,21)13-9-15-10-17-13/h1-2,7,9-11H,3-6,8H2,(H,15,17)(H,16,19). The van der Waals surface area contributed by atoms with Crippen LogP contribution in [0.5, 0.6) is 0 Å². The Morgan fingerprint density at radius 3 is 2.83 bits per heavy atom. The van der Waals surface area contributed by atoms with Gasteiger partial charge in [-0.1, -0.05) is 6.07 Å². The topological polar surface area (TPSA) is 95.2 Å². The minimum atomic E-state index is -3.53. The number of thiophene rings is 1. The van der Waals surface area contributed by atoms with E-state index in [0.29, 0.717) is 32.5 Å². The van der Waals surface area contributed by atoms with Gasteiger partial charge in [-0.15, -0.1) is 11.3 Å². The highest BCUT2D eigenvalue weighted by molar-refractivity contribution is 7.89. The Kier molecular flexibility index (Phi) is 4.79. The van der Waals surface area contributed by atoms with Gasteiger partial charge in [0, 0.05) is 23.9 Å². The maximum absolute atomic E-state index is 12.4. The lowest BCUT2D eigenvalue weighted by atomic mass is 9.97. The Bertz CT molecular complexity index is 733. The van der Waals surface area contributed by atoms with Gasteiger partial charge in [-0.05, 0) is 24.3 Å². The molecule has 1 aliphatic heterocycles. The first-order valence-electron chi connectivity index (χ1n) is 7.36. The fourth-order valence-corrected chi connectivity index (χ4v) is 4.62. The van der Waals surface area contributed by atoms with Gasteiger partial charge in [0.1, 0.15) is 0 Å². The Hall–Kier alpha value is -1.71. The summed E-state index contributed by atoms with van der Waals surface area (Å²) in [7, 11) is -3.53. The van der Waals surface area contributed by atoms with Crippen molar-refractivity contribution in [3.05, 3.63) is 34.9 Å². The lowest BCUT2D eigenvalue weighted by Gasteiger charge is -2.30. The molecule has 0 bridgehead atoms. The van der Waals surface area contributed by atoms with Crippen LogP contribution in [0.15, 0.2) is 35.1 Å². The van der Waals surface area contributed by atoms with Gasteiger partial charge < -0.3 is 10.3 Å². The van der Waals surface area contributed by atoms with Crippen molar-refractivity contribution in [3.8, 4) is 0 Å². The molecule has 0 spiro atoms. The smallest absolute Gasteiger partial charge is 0.260 e. The van der Waals surface area contributed by atoms with E-state index in [0.717, 1.165) is 4.88 Å². The Labute approximate surface area is 138 Å². The molecule has 0 aromatic carbocycles. The van der Waals surface area contributed by atoms with Crippen LogP contribution in [0.3, 0.4) is 0 Å². The van der Waals surface area contributed by atoms with Gasteiger partial charge in [0.15, 0.2) is 5.03 Å². The number of rotatable bonds is 5. The summed E-state index contributed by atoms with van der Waals surface area (Å²) in [4.78, 5) is 19.7. The molecule has 23 heavy (non-hydrogen) atoms. The van der Waals surface area contributed by atoms with Gasteiger partial charge >= 0.3 is 0 Å². The molecule has 1 aliphatic rings. The third kappa shape index (κ3) is 3.62. The average molecular weight is 354 g/mol. The van der Waals surface area contributed by atoms with E-state index in [-0.39, 0.29) is 16.9 Å². The fourth-order valence-electron chi connectivity index (χ4n) is 2.61. The molecule has 0 saturated carbocycles. The number of H-pyrrole nitrogens is 1. The molecule has 0 atom stereocenters. The van der Waals surface area contributed by atoms with Gasteiger partial charge in [0.25, 0.3) is 10.0 Å². The van der Waals surface area contributed by atoms with Crippen molar-refractivity contribution in [1.82, 2.24) is 19.6 Å². The normalized spacial score (nSPS) is 17.2. The van der Waals surface area contributed by atoms with E-state index >= 15 is 0 Å². The van der Waals surface area contributed by atoms with Crippen molar-refractivity contribution >= 4 is 27.3 Å². The van der Waals surface area contributed by atoms with Crippen LogP contribution >= 0.6 is 11.3 Å². The molecular weight excluding hydrogens is 336 g/mol. The summed E-state index contributed by atoms with van der Waals surface area (Å²) >= 11 is 1.60. The quantitative estimate of drug-likeness (QED) is 0.843. The van der Waals surface area contributed by atoms with Gasteiger partial charge in [-0.2, -0.15) is 4.31 Å². The number of nitrogens with one attached hydrogen (secondary N) is 2. The number of hydrogen-bond donors (Lipinski definition) is 2. The number of nitrogens with zero attached hydrogens (tertiary/aromatic N) is 2. The molecule has 3 heterocycles. The number of piperidine rings is 1. The highest BCUT2D eigenvalue weighted by Crippen LogP contribution is 2.23. The fraction of sp³-hybridized carbons (Fsp3) is 0.429. The molecule has 1 saturated heterocycles. The van der Waals surface area contributed by atoms with E-state index < -0.39 is 10.0 Å². The first-order chi connectivity index (χ1) is 11.1. The van der Waals surface area contributed by atoms with Crippen LogP contribution in [0, 0.1) is 5.92 Å². The van der Waals surface area contributed by atoms with Crippen molar-refractivity contribution in [2.24, 2.45) is 5.92 Å². The van der Waals surface area contributed by atoms with Crippen LogP contribution in [0.4, 0.5) is 0 Å². The second kappa shape index (κ2) is 6.81. The van der Waals surface area contributed by atoms with E-state index in [2.05, 4.69) is 15.3 Å². The molecule has 0 radical (unpaired) electrons. The number of aromatic amines is 1. The first kappa shape index (κ1) is 16.2. The van der Waals surface area contributed by atoms with Crippen LogP contribution in [-0.2, 0) is 21.4 Å². The highest BCUT2D eigenvalue weighted by atomic mass is 32.2. The molecule has 124 valence electrons. The monoisotopic (exact) mass is 354 g/mol. The van der Waals surface area contributed by atoms with E-state index in [1.165, 1.54) is 16.8 Å². The zero-order chi connectivity index (χ0) is 16.3. The number of carbonyl (C=O) groups excluding carboxylic acids is 1. The molecule has 0 aliphatic carbocycles. The molecule has 2 aromatic rings. The summed E-state index contributed by atoms with van der Waals surface area (Å²) < 4.78 is 26.1. The number of sulfonamides is 1. The second-order valence-corrected chi connectivity index (χ2v) is 8.33. The maximum Gasteiger partial charge on any atom is 0.260 e. The molecule has 0 unspecified atom stereocenters. The molecule has 7 nitrogen and oxygen atoms in total. The largest absolute Gasteiger partial charge is 0.351 e. The number of imidazole rings is 1. The zero-order valence-corrected chi connectivity index (χ0v) is 14.1. The SMILES string of the molecule is O=C(NCc1cccs1)C1CCN(S(=O)(=O)c2cnc[nH]2)CC1.